The summed E-state index contributed by atoms with van der Waals surface area (Å²) in [5.41, 5.74) is 11.9. The van der Waals surface area contributed by atoms with Gasteiger partial charge in [0.05, 0.1) is 45.3 Å². The van der Waals surface area contributed by atoms with Gasteiger partial charge in [-0.2, -0.15) is 10.5 Å². The molecule has 0 saturated carbocycles. The van der Waals surface area contributed by atoms with Crippen molar-refractivity contribution >= 4 is 99.9 Å². The normalized spacial score (nSPS) is 12.8. The Kier molecular flexibility index (Phi) is 7.45. The molecule has 2 aliphatic rings. The second-order valence-electron chi connectivity index (χ2n) is 17.4. The zero-order valence-electron chi connectivity index (χ0n) is 36.2. The monoisotopic (exact) mass is 886 g/mol. The standard InChI is InChI=1S/C60H30N4O5/c61-31-41-57-49-23-24-50(67-49)58(57)42(32-62)60(64-44-22-20-36(34-13-5-2-6-14-34)26-54(44)69-56-30-52-40(28-46(56)64)38-16-8-10-18-48(38)66-52)59(41)63-43-21-19-35(33-11-3-1-4-12-33)25-53(43)68-55-29-51-39(27-45(55)63)37-15-7-9-17-47(37)65-51/h1-30H. The van der Waals surface area contributed by atoms with Crippen molar-refractivity contribution in [3.8, 4) is 57.4 Å². The van der Waals surface area contributed by atoms with E-state index in [1.165, 1.54) is 0 Å². The maximum atomic E-state index is 11.8. The maximum absolute atomic E-state index is 11.8. The van der Waals surface area contributed by atoms with E-state index in [-0.39, 0.29) is 0 Å². The van der Waals surface area contributed by atoms with Crippen molar-refractivity contribution in [2.75, 3.05) is 9.80 Å². The number of nitriles is 2. The molecular formula is C60H30N4O5. The Morgan fingerprint density at radius 3 is 1.17 bits per heavy atom. The van der Waals surface area contributed by atoms with Crippen LogP contribution in [0.25, 0.3) is 88.1 Å². The molecule has 2 bridgehead atoms. The largest absolute Gasteiger partial charge is 0.456 e. The van der Waals surface area contributed by atoms with Gasteiger partial charge in [-0.25, -0.2) is 0 Å². The molecule has 0 atom stereocenters. The number of anilines is 6. The average molecular weight is 887 g/mol. The SMILES string of the molecule is N#Cc1c(N2c3ccc(-c4ccccc4)cc3Oc3cc4oc5ccccc5c4cc32)c(N2c3ccc(-c4ccccc4)cc3Oc3cc4oc5ccccc5c4cc32)c(C#N)c2c3ccc(o3)c12. The quantitative estimate of drug-likeness (QED) is 0.170. The summed E-state index contributed by atoms with van der Waals surface area (Å²) >= 11 is 0. The molecule has 320 valence electrons. The number of rotatable bonds is 4. The number of nitrogens with zero attached hydrogens (tertiary/aromatic N) is 4. The van der Waals surface area contributed by atoms with E-state index in [0.29, 0.717) is 101 Å². The van der Waals surface area contributed by atoms with Crippen LogP contribution in [0.3, 0.4) is 0 Å². The second kappa shape index (κ2) is 13.8. The fourth-order valence-corrected chi connectivity index (χ4v) is 10.6. The smallest absolute Gasteiger partial charge is 0.155 e. The number of ether oxygens (including phenoxy) is 2. The van der Waals surface area contributed by atoms with Gasteiger partial charge in [-0.15, -0.1) is 0 Å². The Balaban J connectivity index is 1.10. The number of hydrogen-bond donors (Lipinski definition) is 0. The van der Waals surface area contributed by atoms with Gasteiger partial charge in [-0.1, -0.05) is 109 Å². The molecule has 0 N–H and O–H groups in total. The van der Waals surface area contributed by atoms with Gasteiger partial charge in [0, 0.05) is 44.5 Å². The van der Waals surface area contributed by atoms with Crippen molar-refractivity contribution in [3.63, 3.8) is 0 Å². The van der Waals surface area contributed by atoms with E-state index in [1.807, 2.05) is 133 Å². The molecule has 0 fully saturated rings. The van der Waals surface area contributed by atoms with Crippen LogP contribution in [0, 0.1) is 22.7 Å². The molecule has 0 spiro atoms. The summed E-state index contributed by atoms with van der Waals surface area (Å²) in [6, 6.07) is 65.4. The second-order valence-corrected chi connectivity index (χ2v) is 17.4. The molecule has 0 aliphatic carbocycles. The number of fused-ring (bicyclic) bond motifs is 15. The molecule has 9 heteroatoms. The molecule has 9 nitrogen and oxygen atoms in total. The first-order valence-electron chi connectivity index (χ1n) is 22.5. The van der Waals surface area contributed by atoms with Crippen molar-refractivity contribution in [1.29, 1.82) is 10.5 Å². The van der Waals surface area contributed by atoms with Crippen LogP contribution in [0.1, 0.15) is 11.1 Å². The van der Waals surface area contributed by atoms with Crippen LogP contribution in [0.5, 0.6) is 23.0 Å². The predicted octanol–water partition coefficient (Wildman–Crippen LogP) is 17.1. The van der Waals surface area contributed by atoms with Crippen molar-refractivity contribution < 1.29 is 22.7 Å². The Labute approximate surface area is 391 Å². The third-order valence-electron chi connectivity index (χ3n) is 13.7. The lowest BCUT2D eigenvalue weighted by molar-refractivity contribution is 0.475. The van der Waals surface area contributed by atoms with Gasteiger partial charge in [-0.3, -0.25) is 0 Å². The highest BCUT2D eigenvalue weighted by Gasteiger charge is 2.40. The summed E-state index contributed by atoms with van der Waals surface area (Å²) < 4.78 is 33.3. The van der Waals surface area contributed by atoms with Gasteiger partial charge in [0.15, 0.2) is 23.0 Å². The first-order valence-corrected chi connectivity index (χ1v) is 22.5. The van der Waals surface area contributed by atoms with Crippen LogP contribution in [-0.2, 0) is 0 Å². The molecule has 0 unspecified atom stereocenters. The lowest BCUT2D eigenvalue weighted by Gasteiger charge is -2.39. The predicted molar refractivity (Wildman–Crippen MR) is 269 cm³/mol. The Morgan fingerprint density at radius 1 is 0.319 bits per heavy atom. The van der Waals surface area contributed by atoms with E-state index in [0.717, 1.165) is 55.0 Å². The van der Waals surface area contributed by atoms with Crippen molar-refractivity contribution in [3.05, 3.63) is 193 Å². The molecular weight excluding hydrogens is 857 g/mol. The fraction of sp³-hybridized carbons (Fsp3) is 0. The van der Waals surface area contributed by atoms with Crippen LogP contribution >= 0.6 is 0 Å². The first kappa shape index (κ1) is 37.3. The van der Waals surface area contributed by atoms with Gasteiger partial charge in [0.1, 0.15) is 45.6 Å². The molecule has 0 amide bonds. The maximum Gasteiger partial charge on any atom is 0.155 e. The molecule has 4 aromatic heterocycles. The minimum absolute atomic E-state index is 0.321. The summed E-state index contributed by atoms with van der Waals surface area (Å²) in [4.78, 5) is 4.16. The minimum atomic E-state index is 0.321. The molecule has 69 heavy (non-hydrogen) atoms. The molecule has 0 saturated heterocycles. The number of benzene rings is 10. The van der Waals surface area contributed by atoms with E-state index < -0.39 is 0 Å². The van der Waals surface area contributed by atoms with Gasteiger partial charge in [0.25, 0.3) is 0 Å². The average Bonchev–Trinajstić information content (AvgIpc) is 4.20. The minimum Gasteiger partial charge on any atom is -0.456 e. The molecule has 9 aromatic carbocycles. The highest BCUT2D eigenvalue weighted by atomic mass is 16.5. The van der Waals surface area contributed by atoms with E-state index in [2.05, 4.69) is 70.5 Å². The number of hydrogen-bond acceptors (Lipinski definition) is 9. The lowest BCUT2D eigenvalue weighted by Crippen LogP contribution is -2.23. The summed E-state index contributed by atoms with van der Waals surface area (Å²) in [6.07, 6.45) is 0. The van der Waals surface area contributed by atoms with Crippen molar-refractivity contribution in [2.45, 2.75) is 0 Å². The zero-order valence-corrected chi connectivity index (χ0v) is 36.2. The third kappa shape index (κ3) is 5.21. The summed E-state index contributed by atoms with van der Waals surface area (Å²) in [5, 5.41) is 28.3. The van der Waals surface area contributed by atoms with Gasteiger partial charge in [0.2, 0.25) is 0 Å². The van der Waals surface area contributed by atoms with Gasteiger partial charge in [-0.05, 0) is 82.9 Å². The van der Waals surface area contributed by atoms with Crippen molar-refractivity contribution in [2.24, 2.45) is 0 Å². The van der Waals surface area contributed by atoms with Crippen LogP contribution < -0.4 is 19.3 Å². The third-order valence-corrected chi connectivity index (χ3v) is 13.7. The molecule has 15 rings (SSSR count). The van der Waals surface area contributed by atoms with Gasteiger partial charge < -0.3 is 32.5 Å². The van der Waals surface area contributed by atoms with Crippen LogP contribution in [0.15, 0.2) is 195 Å². The van der Waals surface area contributed by atoms with Crippen LogP contribution in [0.2, 0.25) is 0 Å². The first-order chi connectivity index (χ1) is 34.1. The van der Waals surface area contributed by atoms with E-state index >= 15 is 0 Å². The van der Waals surface area contributed by atoms with Crippen LogP contribution in [0.4, 0.5) is 34.1 Å². The van der Waals surface area contributed by atoms with E-state index in [9.17, 15) is 10.5 Å². The summed E-state index contributed by atoms with van der Waals surface area (Å²) in [7, 11) is 0. The Hall–Kier alpha value is -9.96. The Bertz CT molecular complexity index is 4140. The molecule has 2 aliphatic heterocycles. The highest BCUT2D eigenvalue weighted by Crippen LogP contribution is 2.62. The number of furan rings is 4. The highest BCUT2D eigenvalue weighted by molar-refractivity contribution is 6.21. The van der Waals surface area contributed by atoms with Crippen LogP contribution in [-0.4, -0.2) is 0 Å². The summed E-state index contributed by atoms with van der Waals surface area (Å²) in [5.74, 6) is 2.12. The van der Waals surface area contributed by atoms with E-state index in [4.69, 9.17) is 22.7 Å². The van der Waals surface area contributed by atoms with Crippen molar-refractivity contribution in [1.82, 2.24) is 0 Å². The zero-order chi connectivity index (χ0) is 45.5. The molecule has 6 heterocycles. The number of para-hydroxylation sites is 2. The fourth-order valence-electron chi connectivity index (χ4n) is 10.6. The molecule has 0 radical (unpaired) electrons. The summed E-state index contributed by atoms with van der Waals surface area (Å²) in [6.45, 7) is 0. The molecule has 13 aromatic rings. The Morgan fingerprint density at radius 2 is 0.725 bits per heavy atom. The lowest BCUT2D eigenvalue weighted by atomic mass is 9.92. The van der Waals surface area contributed by atoms with E-state index in [1.54, 1.807) is 0 Å². The van der Waals surface area contributed by atoms with Gasteiger partial charge >= 0.3 is 0 Å². The topological polar surface area (TPSA) is 112 Å².